The van der Waals surface area contributed by atoms with Crippen molar-refractivity contribution in [3.8, 4) is 11.3 Å². The molecule has 0 spiro atoms. The average Bonchev–Trinajstić information content (AvgIpc) is 3.02. The number of aromatic nitrogens is 2. The number of anilines is 1. The van der Waals surface area contributed by atoms with Crippen molar-refractivity contribution in [1.82, 2.24) is 9.97 Å². The Hall–Kier alpha value is -1.94. The lowest BCUT2D eigenvalue weighted by Crippen LogP contribution is -2.13. The molecule has 0 radical (unpaired) electrons. The summed E-state index contributed by atoms with van der Waals surface area (Å²) in [6, 6.07) is 10.3. The summed E-state index contributed by atoms with van der Waals surface area (Å²) < 4.78 is 5.71. The summed E-state index contributed by atoms with van der Waals surface area (Å²) in [5.74, 6) is 1.76. The predicted octanol–water partition coefficient (Wildman–Crippen LogP) is 3.22. The first-order chi connectivity index (χ1) is 10.3. The highest BCUT2D eigenvalue weighted by atomic mass is 16.5. The van der Waals surface area contributed by atoms with E-state index in [2.05, 4.69) is 29.4 Å². The third-order valence-electron chi connectivity index (χ3n) is 3.91. The zero-order valence-corrected chi connectivity index (χ0v) is 12.6. The van der Waals surface area contributed by atoms with Gasteiger partial charge in [0.25, 0.3) is 0 Å². The van der Waals surface area contributed by atoms with E-state index in [9.17, 15) is 0 Å². The van der Waals surface area contributed by atoms with Crippen LogP contribution in [0.1, 0.15) is 24.2 Å². The number of benzene rings is 1. The second kappa shape index (κ2) is 6.22. The van der Waals surface area contributed by atoms with Crippen molar-refractivity contribution < 1.29 is 4.74 Å². The van der Waals surface area contributed by atoms with Crippen LogP contribution in [-0.2, 0) is 11.2 Å². The van der Waals surface area contributed by atoms with E-state index in [-0.39, 0.29) is 6.10 Å². The number of rotatable bonds is 4. The highest BCUT2D eigenvalue weighted by Crippen LogP contribution is 2.26. The maximum Gasteiger partial charge on any atom is 0.134 e. The smallest absolute Gasteiger partial charge is 0.134 e. The van der Waals surface area contributed by atoms with Gasteiger partial charge in [-0.3, -0.25) is 0 Å². The van der Waals surface area contributed by atoms with E-state index in [1.165, 1.54) is 0 Å². The number of nitrogens with one attached hydrogen (secondary N) is 1. The lowest BCUT2D eigenvalue weighted by atomic mass is 10.1. The van der Waals surface area contributed by atoms with Gasteiger partial charge in [0.05, 0.1) is 11.8 Å². The van der Waals surface area contributed by atoms with Crippen LogP contribution in [0.25, 0.3) is 11.3 Å². The summed E-state index contributed by atoms with van der Waals surface area (Å²) in [7, 11) is 1.90. The molecule has 1 aliphatic heterocycles. The van der Waals surface area contributed by atoms with Gasteiger partial charge in [-0.05, 0) is 19.8 Å². The van der Waals surface area contributed by atoms with Gasteiger partial charge in [0.15, 0.2) is 0 Å². The van der Waals surface area contributed by atoms with E-state index >= 15 is 0 Å². The predicted molar refractivity (Wildman–Crippen MR) is 84.4 cm³/mol. The van der Waals surface area contributed by atoms with Gasteiger partial charge in [0.1, 0.15) is 11.6 Å². The maximum absolute atomic E-state index is 5.71. The highest BCUT2D eigenvalue weighted by Gasteiger charge is 2.19. The molecule has 1 fully saturated rings. The molecule has 1 aromatic heterocycles. The number of nitrogens with zero attached hydrogens (tertiary/aromatic N) is 2. The Morgan fingerprint density at radius 3 is 2.71 bits per heavy atom. The van der Waals surface area contributed by atoms with Crippen LogP contribution in [-0.4, -0.2) is 29.7 Å². The van der Waals surface area contributed by atoms with Crippen LogP contribution in [0.2, 0.25) is 0 Å². The molecule has 2 aromatic rings. The van der Waals surface area contributed by atoms with Crippen LogP contribution < -0.4 is 5.32 Å². The Morgan fingerprint density at radius 2 is 2.05 bits per heavy atom. The van der Waals surface area contributed by atoms with Crippen LogP contribution in [0.5, 0.6) is 0 Å². The van der Waals surface area contributed by atoms with E-state index in [0.29, 0.717) is 0 Å². The standard InChI is InChI=1S/C17H21N3O/c1-12-16(13-7-4-3-5-8-13)19-15(20-17(12)18-2)11-14-9-6-10-21-14/h3-5,7-8,14H,6,9-11H2,1-2H3,(H,18,19,20). The zero-order valence-electron chi connectivity index (χ0n) is 12.6. The first-order valence-electron chi connectivity index (χ1n) is 7.50. The Kier molecular flexibility index (Phi) is 4.15. The molecular weight excluding hydrogens is 262 g/mol. The van der Waals surface area contributed by atoms with Gasteiger partial charge in [-0.1, -0.05) is 30.3 Å². The van der Waals surface area contributed by atoms with Crippen LogP contribution in [0.3, 0.4) is 0 Å². The van der Waals surface area contributed by atoms with Crippen LogP contribution in [0.15, 0.2) is 30.3 Å². The molecule has 21 heavy (non-hydrogen) atoms. The number of hydrogen-bond acceptors (Lipinski definition) is 4. The van der Waals surface area contributed by atoms with E-state index in [4.69, 9.17) is 9.72 Å². The molecule has 1 aromatic carbocycles. The molecular formula is C17H21N3O. The van der Waals surface area contributed by atoms with Gasteiger partial charge in [-0.25, -0.2) is 9.97 Å². The molecule has 1 aliphatic rings. The average molecular weight is 283 g/mol. The van der Waals surface area contributed by atoms with Crippen molar-refractivity contribution in [3.63, 3.8) is 0 Å². The van der Waals surface area contributed by atoms with Crippen molar-refractivity contribution in [3.05, 3.63) is 41.7 Å². The summed E-state index contributed by atoms with van der Waals surface area (Å²) in [6.07, 6.45) is 3.30. The molecule has 0 bridgehead atoms. The van der Waals surface area contributed by atoms with Gasteiger partial charge >= 0.3 is 0 Å². The van der Waals surface area contributed by atoms with Crippen LogP contribution in [0, 0.1) is 6.92 Å². The minimum atomic E-state index is 0.265. The fraction of sp³-hybridized carbons (Fsp3) is 0.412. The van der Waals surface area contributed by atoms with Crippen molar-refractivity contribution in [2.24, 2.45) is 0 Å². The summed E-state index contributed by atoms with van der Waals surface area (Å²) >= 11 is 0. The molecule has 4 heteroatoms. The highest BCUT2D eigenvalue weighted by molar-refractivity contribution is 5.68. The Balaban J connectivity index is 1.98. The molecule has 1 N–H and O–H groups in total. The van der Waals surface area contributed by atoms with E-state index in [1.807, 2.05) is 25.2 Å². The molecule has 0 saturated carbocycles. The fourth-order valence-electron chi connectivity index (χ4n) is 2.78. The van der Waals surface area contributed by atoms with Gasteiger partial charge in [0.2, 0.25) is 0 Å². The van der Waals surface area contributed by atoms with Crippen molar-refractivity contribution in [1.29, 1.82) is 0 Å². The second-order valence-corrected chi connectivity index (χ2v) is 5.42. The normalized spacial score (nSPS) is 17.9. The van der Waals surface area contributed by atoms with Crippen LogP contribution in [0.4, 0.5) is 5.82 Å². The van der Waals surface area contributed by atoms with Crippen molar-refractivity contribution >= 4 is 5.82 Å². The molecule has 0 aliphatic carbocycles. The molecule has 1 unspecified atom stereocenters. The lowest BCUT2D eigenvalue weighted by Gasteiger charge is -2.14. The fourth-order valence-corrected chi connectivity index (χ4v) is 2.78. The van der Waals surface area contributed by atoms with Gasteiger partial charge in [-0.2, -0.15) is 0 Å². The molecule has 2 heterocycles. The van der Waals surface area contributed by atoms with Gasteiger partial charge < -0.3 is 10.1 Å². The SMILES string of the molecule is CNc1nc(CC2CCCO2)nc(-c2ccccc2)c1C. The molecule has 4 nitrogen and oxygen atoms in total. The van der Waals surface area contributed by atoms with Crippen molar-refractivity contribution in [2.75, 3.05) is 19.0 Å². The molecule has 1 saturated heterocycles. The third-order valence-corrected chi connectivity index (χ3v) is 3.91. The summed E-state index contributed by atoms with van der Waals surface area (Å²) in [4.78, 5) is 9.42. The first-order valence-corrected chi connectivity index (χ1v) is 7.50. The zero-order chi connectivity index (χ0) is 14.7. The Bertz CT molecular complexity index is 607. The third kappa shape index (κ3) is 3.05. The van der Waals surface area contributed by atoms with Crippen LogP contribution >= 0.6 is 0 Å². The number of hydrogen-bond donors (Lipinski definition) is 1. The van der Waals surface area contributed by atoms with E-state index in [1.54, 1.807) is 0 Å². The monoisotopic (exact) mass is 283 g/mol. The lowest BCUT2D eigenvalue weighted by molar-refractivity contribution is 0.110. The van der Waals surface area contributed by atoms with Crippen molar-refractivity contribution in [2.45, 2.75) is 32.3 Å². The second-order valence-electron chi connectivity index (χ2n) is 5.42. The molecule has 0 amide bonds. The molecule has 110 valence electrons. The Morgan fingerprint density at radius 1 is 1.24 bits per heavy atom. The minimum Gasteiger partial charge on any atom is -0.378 e. The Labute approximate surface area is 125 Å². The largest absolute Gasteiger partial charge is 0.378 e. The summed E-state index contributed by atoms with van der Waals surface area (Å²) in [5.41, 5.74) is 3.21. The van der Waals surface area contributed by atoms with Gasteiger partial charge in [-0.15, -0.1) is 0 Å². The van der Waals surface area contributed by atoms with Gasteiger partial charge in [0, 0.05) is 31.2 Å². The molecule has 3 rings (SSSR count). The molecule has 1 atom stereocenters. The summed E-state index contributed by atoms with van der Waals surface area (Å²) in [5, 5.41) is 3.18. The number of ether oxygens (including phenoxy) is 1. The minimum absolute atomic E-state index is 0.265. The summed E-state index contributed by atoms with van der Waals surface area (Å²) in [6.45, 7) is 2.92. The van der Waals surface area contributed by atoms with E-state index < -0.39 is 0 Å². The quantitative estimate of drug-likeness (QED) is 0.936. The first kappa shape index (κ1) is 14.0. The topological polar surface area (TPSA) is 47.0 Å². The maximum atomic E-state index is 5.71. The van der Waals surface area contributed by atoms with E-state index in [0.717, 1.165) is 54.3 Å².